The molecule has 1 saturated carbocycles. The van der Waals surface area contributed by atoms with Crippen LogP contribution in [0.15, 0.2) is 18.3 Å². The lowest BCUT2D eigenvalue weighted by molar-refractivity contribution is -0.140. The zero-order valence-corrected chi connectivity index (χ0v) is 12.8. The third-order valence-corrected chi connectivity index (χ3v) is 5.18. The molecule has 0 bridgehead atoms. The van der Waals surface area contributed by atoms with Gasteiger partial charge in [0.2, 0.25) is 0 Å². The van der Waals surface area contributed by atoms with Crippen molar-refractivity contribution in [2.45, 2.75) is 12.1 Å². The highest BCUT2D eigenvalue weighted by Gasteiger charge is 2.55. The zero-order valence-electron chi connectivity index (χ0n) is 11.2. The molecule has 2 aromatic heterocycles. The molecule has 2 unspecified atom stereocenters. The van der Waals surface area contributed by atoms with Crippen LogP contribution in [-0.4, -0.2) is 28.3 Å². The van der Waals surface area contributed by atoms with E-state index in [2.05, 4.69) is 20.5 Å². The maximum Gasteiger partial charge on any atom is 0.434 e. The molecule has 22 heavy (non-hydrogen) atoms. The second kappa shape index (κ2) is 5.43. The van der Waals surface area contributed by atoms with Crippen LogP contribution in [0.1, 0.15) is 16.6 Å². The van der Waals surface area contributed by atoms with Crippen molar-refractivity contribution in [3.05, 3.63) is 29.0 Å². The molecule has 2 atom stereocenters. The predicted octanol–water partition coefficient (Wildman–Crippen LogP) is 2.97. The molecule has 2 fully saturated rings. The van der Waals surface area contributed by atoms with Gasteiger partial charge in [0.15, 0.2) is 5.69 Å². The van der Waals surface area contributed by atoms with Crippen molar-refractivity contribution in [3.63, 3.8) is 0 Å². The average Bonchev–Trinajstić information content (AvgIpc) is 2.88. The summed E-state index contributed by atoms with van der Waals surface area (Å²) in [5.41, 5.74) is -0.886. The van der Waals surface area contributed by atoms with E-state index in [9.17, 15) is 13.2 Å². The topological polar surface area (TPSA) is 50.7 Å². The van der Waals surface area contributed by atoms with Gasteiger partial charge in [-0.3, -0.25) is 4.98 Å². The predicted molar refractivity (Wildman–Crippen MR) is 78.0 cm³/mol. The van der Waals surface area contributed by atoms with Crippen molar-refractivity contribution in [2.75, 3.05) is 13.1 Å². The van der Waals surface area contributed by atoms with Crippen molar-refractivity contribution in [3.8, 4) is 10.6 Å². The maximum absolute atomic E-state index is 13.0. The second-order valence-electron chi connectivity index (χ2n) is 5.35. The van der Waals surface area contributed by atoms with Crippen molar-refractivity contribution in [1.82, 2.24) is 20.5 Å². The van der Waals surface area contributed by atoms with Gasteiger partial charge in [0.25, 0.3) is 0 Å². The molecule has 3 heterocycles. The number of piperidine rings is 1. The molecule has 4 nitrogen and oxygen atoms in total. The first kappa shape index (κ1) is 15.6. The highest BCUT2D eigenvalue weighted by atomic mass is 35.5. The second-order valence-corrected chi connectivity index (χ2v) is 6.36. The number of pyridine rings is 1. The number of fused-ring (bicyclic) bond motifs is 1. The third kappa shape index (κ3) is 2.49. The van der Waals surface area contributed by atoms with Crippen LogP contribution in [0.3, 0.4) is 0 Å². The minimum absolute atomic E-state index is 0. The fourth-order valence-electron chi connectivity index (χ4n) is 3.07. The van der Waals surface area contributed by atoms with Crippen LogP contribution in [0.25, 0.3) is 10.6 Å². The molecule has 0 aromatic carbocycles. The Balaban J connectivity index is 0.00000144. The summed E-state index contributed by atoms with van der Waals surface area (Å²) in [7, 11) is 0. The molecular weight excluding hydrogens is 337 g/mol. The van der Waals surface area contributed by atoms with Crippen molar-refractivity contribution >= 4 is 23.7 Å². The number of nitrogens with one attached hydrogen (secondary N) is 1. The zero-order chi connectivity index (χ0) is 14.6. The summed E-state index contributed by atoms with van der Waals surface area (Å²) in [5, 5.41) is 12.5. The first-order chi connectivity index (χ1) is 10.1. The number of hydrogen-bond acceptors (Lipinski definition) is 5. The Bertz CT molecular complexity index is 680. The average molecular weight is 349 g/mol. The largest absolute Gasteiger partial charge is 0.434 e. The molecule has 0 amide bonds. The maximum atomic E-state index is 13.0. The molecule has 1 saturated heterocycles. The Morgan fingerprint density at radius 1 is 1.18 bits per heavy atom. The quantitative estimate of drug-likeness (QED) is 0.906. The summed E-state index contributed by atoms with van der Waals surface area (Å²) in [5.74, 6) is 1.51. The van der Waals surface area contributed by atoms with E-state index in [-0.39, 0.29) is 18.0 Å². The van der Waals surface area contributed by atoms with Crippen LogP contribution in [0.2, 0.25) is 0 Å². The van der Waals surface area contributed by atoms with Gasteiger partial charge >= 0.3 is 6.18 Å². The van der Waals surface area contributed by atoms with Crippen LogP contribution < -0.4 is 5.32 Å². The van der Waals surface area contributed by atoms with Gasteiger partial charge in [-0.1, -0.05) is 11.3 Å². The summed E-state index contributed by atoms with van der Waals surface area (Å²) in [6, 6.07) is 2.89. The fourth-order valence-corrected chi connectivity index (χ4v) is 4.19. The minimum Gasteiger partial charge on any atom is -0.316 e. The Morgan fingerprint density at radius 3 is 2.59 bits per heavy atom. The van der Waals surface area contributed by atoms with Gasteiger partial charge in [-0.25, -0.2) is 0 Å². The summed E-state index contributed by atoms with van der Waals surface area (Å²) in [6.45, 7) is 1.93. The lowest BCUT2D eigenvalue weighted by Crippen LogP contribution is -2.13. The molecule has 9 heteroatoms. The lowest BCUT2D eigenvalue weighted by Gasteiger charge is -2.08. The van der Waals surface area contributed by atoms with E-state index in [1.165, 1.54) is 23.5 Å². The summed E-state index contributed by atoms with van der Waals surface area (Å²) >= 11 is 1.25. The van der Waals surface area contributed by atoms with Crippen molar-refractivity contribution in [2.24, 2.45) is 11.8 Å². The summed E-state index contributed by atoms with van der Waals surface area (Å²) in [6.07, 6.45) is -3.34. The number of nitrogens with zero attached hydrogens (tertiary/aromatic N) is 3. The Morgan fingerprint density at radius 2 is 1.91 bits per heavy atom. The molecule has 0 radical (unpaired) electrons. The van der Waals surface area contributed by atoms with Crippen LogP contribution in [-0.2, 0) is 6.18 Å². The lowest BCUT2D eigenvalue weighted by atomic mass is 10.2. The number of rotatable bonds is 2. The Hall–Kier alpha value is -1.25. The van der Waals surface area contributed by atoms with E-state index in [0.29, 0.717) is 22.8 Å². The van der Waals surface area contributed by atoms with Gasteiger partial charge < -0.3 is 5.32 Å². The first-order valence-corrected chi connectivity index (χ1v) is 7.44. The molecular formula is C13H12ClF3N4S. The molecule has 1 N–H and O–H groups in total. The van der Waals surface area contributed by atoms with Gasteiger partial charge in [0.1, 0.15) is 10.0 Å². The van der Waals surface area contributed by atoms with Crippen molar-refractivity contribution in [1.29, 1.82) is 0 Å². The molecule has 1 aliphatic heterocycles. The van der Waals surface area contributed by atoms with Crippen LogP contribution in [0.5, 0.6) is 0 Å². The van der Waals surface area contributed by atoms with Crippen molar-refractivity contribution < 1.29 is 13.2 Å². The van der Waals surface area contributed by atoms with Crippen LogP contribution in [0, 0.1) is 11.8 Å². The number of alkyl halides is 3. The van der Waals surface area contributed by atoms with Gasteiger partial charge in [-0.05, 0) is 37.1 Å². The fraction of sp³-hybridized carbons (Fsp3) is 0.462. The van der Waals surface area contributed by atoms with E-state index >= 15 is 0 Å². The molecule has 2 aromatic rings. The smallest absolute Gasteiger partial charge is 0.316 e. The third-order valence-electron chi connectivity index (χ3n) is 4.12. The highest BCUT2D eigenvalue weighted by Crippen LogP contribution is 2.56. The molecule has 0 spiro atoms. The number of aromatic nitrogens is 3. The number of halogens is 4. The monoisotopic (exact) mass is 348 g/mol. The minimum atomic E-state index is -4.48. The van der Waals surface area contributed by atoms with Gasteiger partial charge in [-0.2, -0.15) is 13.2 Å². The van der Waals surface area contributed by atoms with E-state index in [1.807, 2.05) is 0 Å². The first-order valence-electron chi connectivity index (χ1n) is 6.62. The van der Waals surface area contributed by atoms with E-state index in [0.717, 1.165) is 24.3 Å². The Labute approximate surface area is 134 Å². The van der Waals surface area contributed by atoms with E-state index in [4.69, 9.17) is 0 Å². The van der Waals surface area contributed by atoms with Crippen LogP contribution >= 0.6 is 23.7 Å². The van der Waals surface area contributed by atoms with Gasteiger partial charge in [0, 0.05) is 17.7 Å². The highest BCUT2D eigenvalue weighted by molar-refractivity contribution is 7.14. The molecule has 1 aliphatic carbocycles. The van der Waals surface area contributed by atoms with Gasteiger partial charge in [0.05, 0.1) is 0 Å². The van der Waals surface area contributed by atoms with Crippen LogP contribution in [0.4, 0.5) is 13.2 Å². The Kier molecular flexibility index (Phi) is 3.86. The normalized spacial score (nSPS) is 26.4. The summed E-state index contributed by atoms with van der Waals surface area (Å²) in [4.78, 5) is 3.46. The standard InChI is InChI=1S/C13H11F3N4S.ClH/c14-13(15,16)10-6(2-1-3-18-10)11-19-20-12(21-11)9-7-4-17-5-8(7)9;/h1-3,7-9,17H,4-5H2;1H. The SMILES string of the molecule is Cl.FC(F)(F)c1ncccc1-c1nnc(C2C3CNCC32)s1. The van der Waals surface area contributed by atoms with Gasteiger partial charge in [-0.15, -0.1) is 22.6 Å². The van der Waals surface area contributed by atoms with E-state index < -0.39 is 11.9 Å². The molecule has 2 aliphatic rings. The summed E-state index contributed by atoms with van der Waals surface area (Å²) < 4.78 is 39.0. The van der Waals surface area contributed by atoms with E-state index in [1.54, 1.807) is 0 Å². The molecule has 118 valence electrons. The number of hydrogen-bond donors (Lipinski definition) is 1. The molecule has 4 rings (SSSR count).